The molecule has 0 bridgehead atoms. The van der Waals surface area contributed by atoms with Gasteiger partial charge in [0.2, 0.25) is 0 Å². The molecule has 1 heterocycles. The molecule has 8 heteroatoms. The summed E-state index contributed by atoms with van der Waals surface area (Å²) in [5.41, 5.74) is -0.824. The molecule has 3 rings (SSSR count). The van der Waals surface area contributed by atoms with Crippen molar-refractivity contribution < 1.29 is 22.7 Å². The van der Waals surface area contributed by atoms with Crippen LogP contribution in [0.25, 0.3) is 0 Å². The Labute approximate surface area is 170 Å². The number of nitrogens with one attached hydrogen (secondary N) is 1. The number of hydrogen-bond donors (Lipinski definition) is 1. The molecular formula is C22H19F3N2O3. The first-order valence-electron chi connectivity index (χ1n) is 9.18. The quantitative estimate of drug-likeness (QED) is 0.641. The normalized spacial score (nSPS) is 11.2. The third-order valence-electron chi connectivity index (χ3n) is 4.31. The van der Waals surface area contributed by atoms with Gasteiger partial charge in [-0.25, -0.2) is 0 Å². The lowest BCUT2D eigenvalue weighted by molar-refractivity contribution is -0.137. The van der Waals surface area contributed by atoms with Crippen molar-refractivity contribution in [3.8, 4) is 5.75 Å². The number of pyridine rings is 1. The van der Waals surface area contributed by atoms with Crippen molar-refractivity contribution >= 4 is 11.6 Å². The van der Waals surface area contributed by atoms with E-state index in [1.54, 1.807) is 24.3 Å². The van der Waals surface area contributed by atoms with Crippen LogP contribution in [0.1, 0.15) is 28.4 Å². The minimum absolute atomic E-state index is 0.0978. The molecule has 0 unspecified atom stereocenters. The zero-order valence-electron chi connectivity index (χ0n) is 16.1. The lowest BCUT2D eigenvalue weighted by atomic mass is 10.1. The summed E-state index contributed by atoms with van der Waals surface area (Å²) in [4.78, 5) is 25.4. The van der Waals surface area contributed by atoms with E-state index in [-0.39, 0.29) is 12.1 Å². The van der Waals surface area contributed by atoms with E-state index in [0.29, 0.717) is 23.6 Å². The Balaban J connectivity index is 1.85. The minimum Gasteiger partial charge on any atom is -0.492 e. The molecule has 0 radical (unpaired) electrons. The number of ether oxygens (including phenoxy) is 1. The van der Waals surface area contributed by atoms with Crippen LogP contribution >= 0.6 is 0 Å². The van der Waals surface area contributed by atoms with Crippen molar-refractivity contribution in [2.75, 3.05) is 11.9 Å². The first-order chi connectivity index (χ1) is 14.3. The first-order valence-corrected chi connectivity index (χ1v) is 9.18. The summed E-state index contributed by atoms with van der Waals surface area (Å²) in [5.74, 6) is -0.167. The van der Waals surface area contributed by atoms with Gasteiger partial charge in [-0.3, -0.25) is 9.59 Å². The predicted molar refractivity (Wildman–Crippen MR) is 107 cm³/mol. The molecule has 156 valence electrons. The number of para-hydroxylation sites is 2. The highest BCUT2D eigenvalue weighted by Gasteiger charge is 2.30. The van der Waals surface area contributed by atoms with Gasteiger partial charge in [-0.15, -0.1) is 0 Å². The molecule has 5 nitrogen and oxygen atoms in total. The minimum atomic E-state index is -4.48. The van der Waals surface area contributed by atoms with E-state index in [2.05, 4.69) is 5.32 Å². The van der Waals surface area contributed by atoms with Crippen LogP contribution in [-0.4, -0.2) is 17.1 Å². The van der Waals surface area contributed by atoms with Crippen molar-refractivity contribution in [1.82, 2.24) is 4.57 Å². The number of halogens is 3. The highest BCUT2D eigenvalue weighted by atomic mass is 19.4. The van der Waals surface area contributed by atoms with Gasteiger partial charge in [-0.2, -0.15) is 13.2 Å². The first kappa shape index (κ1) is 21.2. The molecule has 2 aromatic carbocycles. The molecule has 0 aliphatic heterocycles. The van der Waals surface area contributed by atoms with Crippen molar-refractivity contribution in [3.63, 3.8) is 0 Å². The molecule has 1 aromatic heterocycles. The fourth-order valence-corrected chi connectivity index (χ4v) is 2.92. The Morgan fingerprint density at radius 2 is 1.83 bits per heavy atom. The molecule has 30 heavy (non-hydrogen) atoms. The molecule has 0 aliphatic rings. The number of anilines is 1. The van der Waals surface area contributed by atoms with Crippen LogP contribution in [0.4, 0.5) is 18.9 Å². The summed E-state index contributed by atoms with van der Waals surface area (Å²) in [5, 5.41) is 2.65. The SMILES string of the molecule is CCOc1ccccc1NC(=O)c1cccn(Cc2cccc(C(F)(F)F)c2)c1=O. The number of benzene rings is 2. The Bertz CT molecular complexity index is 1110. The summed E-state index contributed by atoms with van der Waals surface area (Å²) in [6.07, 6.45) is -3.05. The van der Waals surface area contributed by atoms with E-state index in [9.17, 15) is 22.8 Å². The zero-order chi connectivity index (χ0) is 21.7. The van der Waals surface area contributed by atoms with Gasteiger partial charge in [-0.05, 0) is 48.9 Å². The summed E-state index contributed by atoms with van der Waals surface area (Å²) in [7, 11) is 0. The fourth-order valence-electron chi connectivity index (χ4n) is 2.92. The van der Waals surface area contributed by atoms with Crippen LogP contribution in [0.2, 0.25) is 0 Å². The summed E-state index contributed by atoms with van der Waals surface area (Å²) in [6, 6.07) is 14.4. The molecule has 0 fully saturated rings. The molecule has 3 aromatic rings. The monoisotopic (exact) mass is 416 g/mol. The van der Waals surface area contributed by atoms with E-state index in [4.69, 9.17) is 4.74 Å². The van der Waals surface area contributed by atoms with Crippen LogP contribution in [0.15, 0.2) is 71.7 Å². The van der Waals surface area contributed by atoms with E-state index in [1.807, 2.05) is 6.92 Å². The molecule has 1 N–H and O–H groups in total. The average Bonchev–Trinajstić information content (AvgIpc) is 2.71. The third-order valence-corrected chi connectivity index (χ3v) is 4.31. The highest BCUT2D eigenvalue weighted by molar-refractivity contribution is 6.04. The molecule has 1 amide bonds. The molecule has 0 saturated carbocycles. The van der Waals surface area contributed by atoms with Gasteiger partial charge in [0, 0.05) is 6.20 Å². The van der Waals surface area contributed by atoms with E-state index in [1.165, 1.54) is 35.0 Å². The van der Waals surface area contributed by atoms with Crippen LogP contribution in [0.3, 0.4) is 0 Å². The van der Waals surface area contributed by atoms with Gasteiger partial charge < -0.3 is 14.6 Å². The second-order valence-electron chi connectivity index (χ2n) is 6.44. The molecule has 0 aliphatic carbocycles. The Morgan fingerprint density at radius 3 is 2.57 bits per heavy atom. The maximum atomic E-state index is 12.9. The lowest BCUT2D eigenvalue weighted by Crippen LogP contribution is -2.29. The van der Waals surface area contributed by atoms with Crippen molar-refractivity contribution in [1.29, 1.82) is 0 Å². The Kier molecular flexibility index (Phi) is 6.25. The number of carbonyl (C=O) groups is 1. The topological polar surface area (TPSA) is 60.3 Å². The van der Waals surface area contributed by atoms with Crippen molar-refractivity contribution in [2.45, 2.75) is 19.6 Å². The van der Waals surface area contributed by atoms with Crippen LogP contribution < -0.4 is 15.6 Å². The Morgan fingerprint density at radius 1 is 1.07 bits per heavy atom. The summed E-state index contributed by atoms with van der Waals surface area (Å²) < 4.78 is 45.4. The third kappa shape index (κ3) is 4.89. The van der Waals surface area contributed by atoms with Crippen molar-refractivity contribution in [3.05, 3.63) is 93.9 Å². The number of hydrogen-bond acceptors (Lipinski definition) is 3. The maximum Gasteiger partial charge on any atom is 0.416 e. The molecule has 0 saturated heterocycles. The second-order valence-corrected chi connectivity index (χ2v) is 6.44. The van der Waals surface area contributed by atoms with Gasteiger partial charge >= 0.3 is 6.18 Å². The molecular weight excluding hydrogens is 397 g/mol. The average molecular weight is 416 g/mol. The Hall–Kier alpha value is -3.55. The van der Waals surface area contributed by atoms with Crippen LogP contribution in [-0.2, 0) is 12.7 Å². The van der Waals surface area contributed by atoms with E-state index >= 15 is 0 Å². The van der Waals surface area contributed by atoms with Crippen LogP contribution in [0.5, 0.6) is 5.75 Å². The van der Waals surface area contributed by atoms with E-state index in [0.717, 1.165) is 12.1 Å². The summed E-state index contributed by atoms with van der Waals surface area (Å²) >= 11 is 0. The number of rotatable bonds is 6. The second kappa shape index (κ2) is 8.86. The number of alkyl halides is 3. The van der Waals surface area contributed by atoms with Gasteiger partial charge in [0.25, 0.3) is 11.5 Å². The largest absolute Gasteiger partial charge is 0.492 e. The number of carbonyl (C=O) groups excluding carboxylic acids is 1. The lowest BCUT2D eigenvalue weighted by Gasteiger charge is -2.13. The maximum absolute atomic E-state index is 12.9. The van der Waals surface area contributed by atoms with Gasteiger partial charge in [-0.1, -0.05) is 24.3 Å². The zero-order valence-corrected chi connectivity index (χ0v) is 16.1. The fraction of sp³-hybridized carbons (Fsp3) is 0.182. The summed E-state index contributed by atoms with van der Waals surface area (Å²) in [6.45, 7) is 2.11. The number of amides is 1. The van der Waals surface area contributed by atoms with Gasteiger partial charge in [0.1, 0.15) is 11.3 Å². The number of aromatic nitrogens is 1. The molecule has 0 spiro atoms. The van der Waals surface area contributed by atoms with E-state index < -0.39 is 23.2 Å². The van der Waals surface area contributed by atoms with Crippen molar-refractivity contribution in [2.24, 2.45) is 0 Å². The van der Waals surface area contributed by atoms with Gasteiger partial charge in [0.05, 0.1) is 24.4 Å². The highest BCUT2D eigenvalue weighted by Crippen LogP contribution is 2.29. The molecule has 0 atom stereocenters. The standard InChI is InChI=1S/C22H19F3N2O3/c1-2-30-19-11-4-3-10-18(19)26-20(28)17-9-6-12-27(21(17)29)14-15-7-5-8-16(13-15)22(23,24)25/h3-13H,2,14H2,1H3,(H,26,28). The smallest absolute Gasteiger partial charge is 0.416 e. The number of nitrogens with zero attached hydrogens (tertiary/aromatic N) is 1. The van der Waals surface area contributed by atoms with Crippen LogP contribution in [0, 0.1) is 0 Å². The van der Waals surface area contributed by atoms with Gasteiger partial charge in [0.15, 0.2) is 0 Å². The predicted octanol–water partition coefficient (Wildman–Crippen LogP) is 4.57.